The topological polar surface area (TPSA) is 113 Å². The van der Waals surface area contributed by atoms with E-state index in [4.69, 9.17) is 4.74 Å². The van der Waals surface area contributed by atoms with E-state index in [0.29, 0.717) is 25.4 Å². The van der Waals surface area contributed by atoms with Crippen LogP contribution in [0, 0.1) is 0 Å². The average molecular weight is 374 g/mol. The van der Waals surface area contributed by atoms with E-state index in [2.05, 4.69) is 15.2 Å². The van der Waals surface area contributed by atoms with Crippen LogP contribution >= 0.6 is 0 Å². The predicted molar refractivity (Wildman–Crippen MR) is 97.9 cm³/mol. The summed E-state index contributed by atoms with van der Waals surface area (Å²) in [6, 6.07) is 4.84. The highest BCUT2D eigenvalue weighted by atomic mass is 16.5. The second-order valence-electron chi connectivity index (χ2n) is 6.55. The van der Waals surface area contributed by atoms with Crippen LogP contribution in [0.3, 0.4) is 0 Å². The minimum absolute atomic E-state index is 0.0618. The van der Waals surface area contributed by atoms with Crippen molar-refractivity contribution >= 4 is 11.7 Å². The Morgan fingerprint density at radius 1 is 1.30 bits per heavy atom. The highest BCUT2D eigenvalue weighted by molar-refractivity contribution is 5.76. The van der Waals surface area contributed by atoms with E-state index in [1.54, 1.807) is 11.0 Å². The molecule has 27 heavy (non-hydrogen) atoms. The van der Waals surface area contributed by atoms with Gasteiger partial charge in [0.25, 0.3) is 5.56 Å². The molecule has 3 heterocycles. The Balaban J connectivity index is 1.50. The number of carbonyl (C=O) groups excluding carboxylic acids is 1. The van der Waals surface area contributed by atoms with Crippen molar-refractivity contribution in [1.82, 2.24) is 24.6 Å². The van der Waals surface area contributed by atoms with Gasteiger partial charge in [-0.3, -0.25) is 14.6 Å². The number of ether oxygens (including phenoxy) is 1. The maximum Gasteiger partial charge on any atom is 0.328 e. The van der Waals surface area contributed by atoms with Gasteiger partial charge in [0.2, 0.25) is 11.8 Å². The molecule has 2 aromatic rings. The molecule has 0 saturated carbocycles. The summed E-state index contributed by atoms with van der Waals surface area (Å²) >= 11 is 0. The number of hydrogen-bond donors (Lipinski definition) is 1. The Morgan fingerprint density at radius 3 is 2.78 bits per heavy atom. The van der Waals surface area contributed by atoms with Crippen molar-refractivity contribution in [3.63, 3.8) is 0 Å². The van der Waals surface area contributed by atoms with Gasteiger partial charge in [-0.15, -0.1) is 10.2 Å². The monoisotopic (exact) mass is 374 g/mol. The molecule has 1 aliphatic rings. The zero-order chi connectivity index (χ0) is 19.4. The van der Waals surface area contributed by atoms with Crippen molar-refractivity contribution < 1.29 is 9.53 Å². The Hall–Kier alpha value is -3.17. The molecule has 144 valence electrons. The van der Waals surface area contributed by atoms with Gasteiger partial charge in [-0.25, -0.2) is 4.79 Å². The quantitative estimate of drug-likeness (QED) is 0.722. The lowest BCUT2D eigenvalue weighted by Crippen LogP contribution is -2.34. The lowest BCUT2D eigenvalue weighted by Gasteiger charge is -2.17. The minimum Gasteiger partial charge on any atom is -0.471 e. The van der Waals surface area contributed by atoms with E-state index in [0.717, 1.165) is 5.82 Å². The Bertz CT molecular complexity index is 905. The van der Waals surface area contributed by atoms with Gasteiger partial charge in [0.15, 0.2) is 5.82 Å². The normalized spacial score (nSPS) is 16.4. The van der Waals surface area contributed by atoms with Gasteiger partial charge in [0.05, 0.1) is 6.54 Å². The standard InChI is InChI=1S/C17H22N6O4/c1-21(2)13-3-4-15(20-19-13)27-12-5-8-23(11-12)16(25)7-10-22-9-6-14(24)18-17(22)26/h3-4,6,9,12H,5,7-8,10-11H2,1-2H3,(H,18,24,26)/t12-/m0/s1. The fourth-order valence-corrected chi connectivity index (χ4v) is 2.83. The van der Waals surface area contributed by atoms with Gasteiger partial charge in [-0.1, -0.05) is 0 Å². The number of nitrogens with zero attached hydrogens (tertiary/aromatic N) is 5. The van der Waals surface area contributed by atoms with Crippen LogP contribution in [0.5, 0.6) is 5.88 Å². The molecule has 3 rings (SSSR count). The first kappa shape index (κ1) is 18.6. The predicted octanol–water partition coefficient (Wildman–Crippen LogP) is -0.537. The zero-order valence-electron chi connectivity index (χ0n) is 15.3. The number of carbonyl (C=O) groups is 1. The molecular formula is C17H22N6O4. The van der Waals surface area contributed by atoms with Crippen molar-refractivity contribution in [1.29, 1.82) is 0 Å². The molecule has 1 N–H and O–H groups in total. The highest BCUT2D eigenvalue weighted by Crippen LogP contribution is 2.18. The number of anilines is 1. The number of likely N-dealkylation sites (tertiary alicyclic amines) is 1. The van der Waals surface area contributed by atoms with Crippen molar-refractivity contribution in [3.8, 4) is 5.88 Å². The Kier molecular flexibility index (Phi) is 5.53. The van der Waals surface area contributed by atoms with Crippen LogP contribution in [0.25, 0.3) is 0 Å². The largest absolute Gasteiger partial charge is 0.471 e. The lowest BCUT2D eigenvalue weighted by atomic mass is 10.3. The number of H-pyrrole nitrogens is 1. The van der Waals surface area contributed by atoms with Gasteiger partial charge in [0.1, 0.15) is 6.10 Å². The molecule has 10 heteroatoms. The van der Waals surface area contributed by atoms with E-state index in [9.17, 15) is 14.4 Å². The molecule has 0 aliphatic carbocycles. The highest BCUT2D eigenvalue weighted by Gasteiger charge is 2.27. The van der Waals surface area contributed by atoms with Crippen LogP contribution < -0.4 is 20.9 Å². The Morgan fingerprint density at radius 2 is 2.11 bits per heavy atom. The number of aromatic nitrogens is 4. The fourth-order valence-electron chi connectivity index (χ4n) is 2.83. The molecule has 1 fully saturated rings. The number of hydrogen-bond acceptors (Lipinski definition) is 7. The average Bonchev–Trinajstić information content (AvgIpc) is 3.10. The molecule has 2 aromatic heterocycles. The summed E-state index contributed by atoms with van der Waals surface area (Å²) in [5.74, 6) is 1.11. The molecule has 0 radical (unpaired) electrons. The summed E-state index contributed by atoms with van der Waals surface area (Å²) in [7, 11) is 3.76. The molecule has 1 amide bonds. The third kappa shape index (κ3) is 4.72. The molecule has 1 aliphatic heterocycles. The molecular weight excluding hydrogens is 352 g/mol. The van der Waals surface area contributed by atoms with Crippen LogP contribution in [0.2, 0.25) is 0 Å². The smallest absolute Gasteiger partial charge is 0.328 e. The summed E-state index contributed by atoms with van der Waals surface area (Å²) in [6.45, 7) is 1.28. The molecule has 0 unspecified atom stereocenters. The van der Waals surface area contributed by atoms with Crippen molar-refractivity contribution in [2.24, 2.45) is 0 Å². The number of nitrogens with one attached hydrogen (secondary N) is 1. The van der Waals surface area contributed by atoms with E-state index in [1.807, 2.05) is 25.1 Å². The van der Waals surface area contributed by atoms with Crippen LogP contribution in [0.1, 0.15) is 12.8 Å². The second kappa shape index (κ2) is 8.02. The van der Waals surface area contributed by atoms with Gasteiger partial charge >= 0.3 is 5.69 Å². The van der Waals surface area contributed by atoms with E-state index < -0.39 is 11.2 Å². The second-order valence-corrected chi connectivity index (χ2v) is 6.55. The number of amides is 1. The lowest BCUT2D eigenvalue weighted by molar-refractivity contribution is -0.130. The van der Waals surface area contributed by atoms with Crippen LogP contribution in [-0.4, -0.2) is 63.8 Å². The van der Waals surface area contributed by atoms with E-state index >= 15 is 0 Å². The molecule has 10 nitrogen and oxygen atoms in total. The van der Waals surface area contributed by atoms with Crippen LogP contribution in [0.4, 0.5) is 5.82 Å². The first-order chi connectivity index (χ1) is 12.9. The van der Waals surface area contributed by atoms with Gasteiger partial charge < -0.3 is 19.1 Å². The number of rotatable bonds is 6. The van der Waals surface area contributed by atoms with Gasteiger partial charge in [0, 0.05) is 58.4 Å². The SMILES string of the molecule is CN(C)c1ccc(O[C@H]2CCN(C(=O)CCn3ccc(=O)[nH]c3=O)C2)nn1. The maximum atomic E-state index is 12.4. The first-order valence-corrected chi connectivity index (χ1v) is 8.67. The van der Waals surface area contributed by atoms with Gasteiger partial charge in [-0.05, 0) is 6.07 Å². The van der Waals surface area contributed by atoms with Crippen LogP contribution in [-0.2, 0) is 11.3 Å². The summed E-state index contributed by atoms with van der Waals surface area (Å²) in [4.78, 5) is 40.8. The van der Waals surface area contributed by atoms with Gasteiger partial charge in [-0.2, -0.15) is 0 Å². The van der Waals surface area contributed by atoms with E-state index in [1.165, 1.54) is 16.8 Å². The summed E-state index contributed by atoms with van der Waals surface area (Å²) < 4.78 is 7.12. The number of aryl methyl sites for hydroxylation is 1. The molecule has 0 spiro atoms. The Labute approximate surface area is 155 Å². The third-order valence-electron chi connectivity index (χ3n) is 4.33. The van der Waals surface area contributed by atoms with Crippen LogP contribution in [0.15, 0.2) is 34.0 Å². The van der Waals surface area contributed by atoms with Crippen molar-refractivity contribution in [2.75, 3.05) is 32.1 Å². The minimum atomic E-state index is -0.516. The van der Waals surface area contributed by atoms with E-state index in [-0.39, 0.29) is 25.0 Å². The zero-order valence-corrected chi connectivity index (χ0v) is 15.3. The summed E-state index contributed by atoms with van der Waals surface area (Å²) in [5, 5.41) is 8.11. The number of aromatic amines is 1. The summed E-state index contributed by atoms with van der Waals surface area (Å²) in [6.07, 6.45) is 2.14. The fraction of sp³-hybridized carbons (Fsp3) is 0.471. The summed E-state index contributed by atoms with van der Waals surface area (Å²) in [5.41, 5.74) is -0.971. The maximum absolute atomic E-state index is 12.4. The van der Waals surface area contributed by atoms with Crippen molar-refractivity contribution in [2.45, 2.75) is 25.5 Å². The molecule has 0 bridgehead atoms. The molecule has 1 saturated heterocycles. The molecule has 1 atom stereocenters. The first-order valence-electron chi connectivity index (χ1n) is 8.67. The van der Waals surface area contributed by atoms with Crippen molar-refractivity contribution in [3.05, 3.63) is 45.2 Å². The molecule has 0 aromatic carbocycles. The third-order valence-corrected chi connectivity index (χ3v) is 4.33.